The molecule has 1 aliphatic rings. The van der Waals surface area contributed by atoms with Crippen LogP contribution in [0.4, 0.5) is 0 Å². The van der Waals surface area contributed by atoms with Gasteiger partial charge in [-0.3, -0.25) is 9.59 Å². The van der Waals surface area contributed by atoms with E-state index in [1.54, 1.807) is 32.4 Å². The highest BCUT2D eigenvalue weighted by Gasteiger charge is 2.22. The minimum atomic E-state index is -0.330. The molecule has 4 rings (SSSR count). The molecule has 30 heavy (non-hydrogen) atoms. The molecule has 2 aromatic carbocycles. The predicted molar refractivity (Wildman–Crippen MR) is 113 cm³/mol. The van der Waals surface area contributed by atoms with Gasteiger partial charge in [0.25, 0.3) is 5.56 Å². The van der Waals surface area contributed by atoms with Crippen molar-refractivity contribution >= 4 is 5.91 Å². The van der Waals surface area contributed by atoms with Gasteiger partial charge in [0.05, 0.1) is 19.9 Å². The number of benzene rings is 2. The van der Waals surface area contributed by atoms with Gasteiger partial charge in [-0.2, -0.15) is 5.10 Å². The Hall–Kier alpha value is -3.61. The zero-order valence-electron chi connectivity index (χ0n) is 16.9. The smallest absolute Gasteiger partial charge is 0.267 e. The Morgan fingerprint density at radius 3 is 2.40 bits per heavy atom. The lowest BCUT2D eigenvalue weighted by Crippen LogP contribution is -2.39. The van der Waals surface area contributed by atoms with Crippen molar-refractivity contribution in [1.29, 1.82) is 0 Å². The number of fused-ring (bicyclic) bond motifs is 1. The van der Waals surface area contributed by atoms with Crippen LogP contribution in [-0.4, -0.2) is 35.9 Å². The van der Waals surface area contributed by atoms with E-state index in [1.807, 2.05) is 18.2 Å². The molecule has 0 aliphatic heterocycles. The summed E-state index contributed by atoms with van der Waals surface area (Å²) < 4.78 is 11.8. The fourth-order valence-corrected chi connectivity index (χ4v) is 3.78. The van der Waals surface area contributed by atoms with Crippen LogP contribution in [0.1, 0.15) is 11.1 Å². The van der Waals surface area contributed by atoms with Crippen molar-refractivity contribution in [2.24, 2.45) is 0 Å². The Bertz CT molecular complexity index is 1110. The first kappa shape index (κ1) is 19.7. The van der Waals surface area contributed by atoms with Crippen molar-refractivity contribution in [3.8, 4) is 22.8 Å². The van der Waals surface area contributed by atoms with Crippen LogP contribution < -0.4 is 20.3 Å². The summed E-state index contributed by atoms with van der Waals surface area (Å²) in [4.78, 5) is 24.8. The van der Waals surface area contributed by atoms with Crippen molar-refractivity contribution in [1.82, 2.24) is 15.1 Å². The van der Waals surface area contributed by atoms with Crippen LogP contribution >= 0.6 is 0 Å². The summed E-state index contributed by atoms with van der Waals surface area (Å²) in [5.41, 5.74) is 3.51. The average molecular weight is 405 g/mol. The van der Waals surface area contributed by atoms with Gasteiger partial charge in [-0.1, -0.05) is 24.3 Å². The number of carbonyl (C=O) groups excluding carboxylic acids is 1. The molecular formula is C23H23N3O4. The molecule has 0 atom stereocenters. The first-order valence-electron chi connectivity index (χ1n) is 9.74. The molecule has 0 fully saturated rings. The van der Waals surface area contributed by atoms with Gasteiger partial charge >= 0.3 is 0 Å². The molecule has 1 N–H and O–H groups in total. The number of hydrogen-bond donors (Lipinski definition) is 1. The summed E-state index contributed by atoms with van der Waals surface area (Å²) in [5, 5.41) is 7.39. The van der Waals surface area contributed by atoms with E-state index in [2.05, 4.69) is 22.5 Å². The van der Waals surface area contributed by atoms with E-state index < -0.39 is 0 Å². The molecule has 154 valence electrons. The van der Waals surface area contributed by atoms with Gasteiger partial charge in [0, 0.05) is 17.7 Å². The van der Waals surface area contributed by atoms with E-state index >= 15 is 0 Å². The zero-order chi connectivity index (χ0) is 21.1. The molecule has 3 aromatic rings. The highest BCUT2D eigenvalue weighted by molar-refractivity contribution is 5.76. The van der Waals surface area contributed by atoms with E-state index in [-0.39, 0.29) is 24.1 Å². The Kier molecular flexibility index (Phi) is 5.52. The van der Waals surface area contributed by atoms with Gasteiger partial charge in [0.2, 0.25) is 5.91 Å². The summed E-state index contributed by atoms with van der Waals surface area (Å²) in [6.45, 7) is -0.132. The van der Waals surface area contributed by atoms with Gasteiger partial charge in [0.1, 0.15) is 6.54 Å². The zero-order valence-corrected chi connectivity index (χ0v) is 16.9. The quantitative estimate of drug-likeness (QED) is 0.680. The average Bonchev–Trinajstić information content (AvgIpc) is 3.16. The molecule has 0 bridgehead atoms. The van der Waals surface area contributed by atoms with Gasteiger partial charge in [-0.05, 0) is 48.2 Å². The molecule has 1 amide bonds. The lowest BCUT2D eigenvalue weighted by molar-refractivity contribution is -0.122. The molecule has 0 radical (unpaired) electrons. The monoisotopic (exact) mass is 405 g/mol. The molecule has 1 aromatic heterocycles. The van der Waals surface area contributed by atoms with Crippen molar-refractivity contribution < 1.29 is 14.3 Å². The van der Waals surface area contributed by atoms with Crippen molar-refractivity contribution in [3.05, 3.63) is 76.1 Å². The maximum Gasteiger partial charge on any atom is 0.267 e. The van der Waals surface area contributed by atoms with Crippen molar-refractivity contribution in [3.63, 3.8) is 0 Å². The summed E-state index contributed by atoms with van der Waals surface area (Å²) in [5.74, 6) is 0.937. The molecule has 0 saturated heterocycles. The van der Waals surface area contributed by atoms with E-state index in [9.17, 15) is 9.59 Å². The standard InChI is InChI=1S/C23H23N3O4/c1-29-20-9-7-17(13-21(20)30-2)19-8-10-23(28)26(25-19)14-22(27)24-18-11-15-5-3-4-6-16(15)12-18/h3-10,13,18H,11-12,14H2,1-2H3,(H,24,27). The minimum absolute atomic E-state index is 0.0413. The number of hydrogen-bond acceptors (Lipinski definition) is 5. The van der Waals surface area contributed by atoms with Crippen LogP contribution in [0.15, 0.2) is 59.4 Å². The fourth-order valence-electron chi connectivity index (χ4n) is 3.78. The van der Waals surface area contributed by atoms with E-state index in [0.29, 0.717) is 17.2 Å². The Balaban J connectivity index is 1.49. The predicted octanol–water partition coefficient (Wildman–Crippen LogP) is 2.21. The molecule has 0 unspecified atom stereocenters. The maximum atomic E-state index is 12.6. The number of nitrogens with one attached hydrogen (secondary N) is 1. The second-order valence-corrected chi connectivity index (χ2v) is 7.23. The second kappa shape index (κ2) is 8.41. The lowest BCUT2D eigenvalue weighted by atomic mass is 10.1. The van der Waals surface area contributed by atoms with Gasteiger partial charge < -0.3 is 14.8 Å². The highest BCUT2D eigenvalue weighted by Crippen LogP contribution is 2.31. The molecule has 7 nitrogen and oxygen atoms in total. The Morgan fingerprint density at radius 2 is 1.73 bits per heavy atom. The molecule has 1 heterocycles. The highest BCUT2D eigenvalue weighted by atomic mass is 16.5. The third-order valence-electron chi connectivity index (χ3n) is 5.26. The fraction of sp³-hybridized carbons (Fsp3) is 0.261. The van der Waals surface area contributed by atoms with Crippen molar-refractivity contribution in [2.45, 2.75) is 25.4 Å². The van der Waals surface area contributed by atoms with E-state index in [1.165, 1.54) is 21.9 Å². The molecule has 7 heteroatoms. The molecule has 0 saturated carbocycles. The number of ether oxygens (including phenoxy) is 2. The lowest BCUT2D eigenvalue weighted by Gasteiger charge is -2.13. The first-order valence-corrected chi connectivity index (χ1v) is 9.74. The number of rotatable bonds is 6. The number of amides is 1. The topological polar surface area (TPSA) is 82.5 Å². The molecule has 1 aliphatic carbocycles. The van der Waals surface area contributed by atoms with E-state index in [4.69, 9.17) is 9.47 Å². The SMILES string of the molecule is COc1ccc(-c2ccc(=O)n(CC(=O)NC3Cc4ccccc4C3)n2)cc1OC. The summed E-state index contributed by atoms with van der Waals surface area (Å²) in [7, 11) is 3.12. The molecule has 0 spiro atoms. The summed E-state index contributed by atoms with van der Waals surface area (Å²) in [6.07, 6.45) is 1.60. The van der Waals surface area contributed by atoms with Crippen LogP contribution in [0, 0.1) is 0 Å². The third kappa shape index (κ3) is 4.05. The van der Waals surface area contributed by atoms with Gasteiger partial charge in [0.15, 0.2) is 11.5 Å². The number of carbonyl (C=O) groups is 1. The summed E-state index contributed by atoms with van der Waals surface area (Å²) in [6, 6.07) is 16.7. The number of nitrogens with zero attached hydrogens (tertiary/aromatic N) is 2. The van der Waals surface area contributed by atoms with Crippen LogP contribution in [-0.2, 0) is 24.2 Å². The number of aromatic nitrogens is 2. The summed E-state index contributed by atoms with van der Waals surface area (Å²) >= 11 is 0. The van der Waals surface area contributed by atoms with Crippen LogP contribution in [0.25, 0.3) is 11.3 Å². The van der Waals surface area contributed by atoms with Crippen molar-refractivity contribution in [2.75, 3.05) is 14.2 Å². The Morgan fingerprint density at radius 1 is 1.03 bits per heavy atom. The van der Waals surface area contributed by atoms with Gasteiger partial charge in [-0.25, -0.2) is 4.68 Å². The maximum absolute atomic E-state index is 12.6. The van der Waals surface area contributed by atoms with Gasteiger partial charge in [-0.15, -0.1) is 0 Å². The first-order chi connectivity index (χ1) is 14.6. The second-order valence-electron chi connectivity index (χ2n) is 7.23. The minimum Gasteiger partial charge on any atom is -0.493 e. The van der Waals surface area contributed by atoms with Crippen LogP contribution in [0.2, 0.25) is 0 Å². The largest absolute Gasteiger partial charge is 0.493 e. The van der Waals surface area contributed by atoms with Crippen LogP contribution in [0.5, 0.6) is 11.5 Å². The Labute approximate surface area is 174 Å². The van der Waals surface area contributed by atoms with E-state index in [0.717, 1.165) is 18.4 Å². The van der Waals surface area contributed by atoms with Crippen LogP contribution in [0.3, 0.4) is 0 Å². The normalized spacial score (nSPS) is 13.0. The number of methoxy groups -OCH3 is 2. The third-order valence-corrected chi connectivity index (χ3v) is 5.26. The molecular weight excluding hydrogens is 382 g/mol.